The van der Waals surface area contributed by atoms with Crippen LogP contribution in [0.4, 0.5) is 5.13 Å². The number of thiazole rings is 1. The number of aromatic nitrogens is 1. The highest BCUT2D eigenvalue weighted by atomic mass is 32.1. The summed E-state index contributed by atoms with van der Waals surface area (Å²) in [5, 5.41) is 3.31. The zero-order valence-corrected chi connectivity index (χ0v) is 14.0. The van der Waals surface area contributed by atoms with Gasteiger partial charge >= 0.3 is 0 Å². The van der Waals surface area contributed by atoms with Crippen LogP contribution >= 0.6 is 11.3 Å². The molecule has 0 aromatic carbocycles. The number of methoxy groups -OCH3 is 1. The van der Waals surface area contributed by atoms with Crippen LogP contribution in [0.1, 0.15) is 24.4 Å². The van der Waals surface area contributed by atoms with E-state index in [2.05, 4.69) is 10.3 Å². The molecule has 1 N–H and O–H groups in total. The summed E-state index contributed by atoms with van der Waals surface area (Å²) in [5.74, 6) is -0.457. The monoisotopic (exact) mass is 313 g/mol. The molecule has 0 unspecified atom stereocenters. The molecule has 0 radical (unpaired) electrons. The van der Waals surface area contributed by atoms with Crippen molar-refractivity contribution in [1.82, 2.24) is 9.88 Å². The lowest BCUT2D eigenvalue weighted by Crippen LogP contribution is -2.41. The number of hydrogen-bond donors (Lipinski definition) is 1. The summed E-state index contributed by atoms with van der Waals surface area (Å²) in [6, 6.07) is 0. The van der Waals surface area contributed by atoms with Gasteiger partial charge in [0, 0.05) is 24.4 Å². The summed E-state index contributed by atoms with van der Waals surface area (Å²) in [6.45, 7) is 8.29. The van der Waals surface area contributed by atoms with Crippen molar-refractivity contribution in [2.45, 2.75) is 27.7 Å². The lowest BCUT2D eigenvalue weighted by molar-refractivity contribution is -0.138. The predicted molar refractivity (Wildman–Crippen MR) is 83.5 cm³/mol. The first-order chi connectivity index (χ1) is 9.85. The second-order valence-electron chi connectivity index (χ2n) is 5.12. The number of anilines is 1. The quantitative estimate of drug-likeness (QED) is 0.833. The summed E-state index contributed by atoms with van der Waals surface area (Å²) < 4.78 is 4.99. The Bertz CT molecular complexity index is 480. The van der Waals surface area contributed by atoms with Crippen LogP contribution in [0.5, 0.6) is 0 Å². The maximum atomic E-state index is 12.1. The number of hydrogen-bond acceptors (Lipinski definition) is 5. The van der Waals surface area contributed by atoms with E-state index in [9.17, 15) is 9.59 Å². The van der Waals surface area contributed by atoms with E-state index in [1.54, 1.807) is 7.11 Å². The SMILES string of the molecule is COCCN(CC(=O)Nc1nc(C)c(C)s1)C(=O)C(C)C. The van der Waals surface area contributed by atoms with E-state index < -0.39 is 0 Å². The molecule has 2 amide bonds. The van der Waals surface area contributed by atoms with Crippen LogP contribution in [0, 0.1) is 19.8 Å². The Kier molecular flexibility index (Phi) is 6.77. The smallest absolute Gasteiger partial charge is 0.245 e. The number of amides is 2. The van der Waals surface area contributed by atoms with Crippen molar-refractivity contribution in [3.05, 3.63) is 10.6 Å². The number of nitrogens with one attached hydrogen (secondary N) is 1. The van der Waals surface area contributed by atoms with E-state index in [0.29, 0.717) is 18.3 Å². The molecular weight excluding hydrogens is 290 g/mol. The standard InChI is InChI=1S/C14H23N3O3S/c1-9(2)13(19)17(6-7-20-5)8-12(18)16-14-15-10(3)11(4)21-14/h9H,6-8H2,1-5H3,(H,15,16,18). The van der Waals surface area contributed by atoms with E-state index in [1.807, 2.05) is 27.7 Å². The molecule has 1 rings (SSSR count). The fourth-order valence-corrected chi connectivity index (χ4v) is 2.52. The number of rotatable bonds is 7. The first kappa shape index (κ1) is 17.6. The molecule has 1 aromatic rings. The third kappa shape index (κ3) is 5.43. The van der Waals surface area contributed by atoms with Gasteiger partial charge in [0.1, 0.15) is 6.54 Å². The van der Waals surface area contributed by atoms with Gasteiger partial charge in [0.05, 0.1) is 12.3 Å². The molecule has 1 aromatic heterocycles. The molecule has 0 saturated carbocycles. The minimum Gasteiger partial charge on any atom is -0.383 e. The minimum atomic E-state index is -0.242. The van der Waals surface area contributed by atoms with Crippen molar-refractivity contribution in [3.8, 4) is 0 Å². The van der Waals surface area contributed by atoms with Gasteiger partial charge in [-0.2, -0.15) is 0 Å². The van der Waals surface area contributed by atoms with Crippen LogP contribution in [-0.2, 0) is 14.3 Å². The van der Waals surface area contributed by atoms with Crippen LogP contribution in [-0.4, -0.2) is 48.5 Å². The number of aryl methyl sites for hydroxylation is 2. The molecule has 0 fully saturated rings. The highest BCUT2D eigenvalue weighted by Gasteiger charge is 2.20. The number of ether oxygens (including phenoxy) is 1. The van der Waals surface area contributed by atoms with Crippen molar-refractivity contribution in [1.29, 1.82) is 0 Å². The first-order valence-corrected chi connectivity index (χ1v) is 7.68. The van der Waals surface area contributed by atoms with E-state index in [-0.39, 0.29) is 24.3 Å². The second kappa shape index (κ2) is 8.09. The summed E-state index contributed by atoms with van der Waals surface area (Å²) in [6.07, 6.45) is 0. The first-order valence-electron chi connectivity index (χ1n) is 6.86. The molecule has 7 heteroatoms. The topological polar surface area (TPSA) is 71.5 Å². The van der Waals surface area contributed by atoms with Crippen molar-refractivity contribution >= 4 is 28.3 Å². The van der Waals surface area contributed by atoms with E-state index in [4.69, 9.17) is 4.74 Å². The normalized spacial score (nSPS) is 10.8. The Hall–Kier alpha value is -1.47. The van der Waals surface area contributed by atoms with E-state index in [0.717, 1.165) is 10.6 Å². The molecule has 6 nitrogen and oxygen atoms in total. The zero-order chi connectivity index (χ0) is 16.0. The van der Waals surface area contributed by atoms with Gasteiger partial charge in [0.25, 0.3) is 0 Å². The molecule has 118 valence electrons. The van der Waals surface area contributed by atoms with E-state index in [1.165, 1.54) is 16.2 Å². The van der Waals surface area contributed by atoms with Gasteiger partial charge in [0.15, 0.2) is 5.13 Å². The van der Waals surface area contributed by atoms with Gasteiger partial charge < -0.3 is 15.0 Å². The Morgan fingerprint density at radius 3 is 2.52 bits per heavy atom. The van der Waals surface area contributed by atoms with E-state index >= 15 is 0 Å². The Labute approximate surface area is 129 Å². The molecular formula is C14H23N3O3S. The highest BCUT2D eigenvalue weighted by Crippen LogP contribution is 2.20. The van der Waals surface area contributed by atoms with Crippen LogP contribution in [0.25, 0.3) is 0 Å². The second-order valence-corrected chi connectivity index (χ2v) is 6.32. The van der Waals surface area contributed by atoms with Crippen molar-refractivity contribution in [2.75, 3.05) is 32.1 Å². The lowest BCUT2D eigenvalue weighted by Gasteiger charge is -2.23. The third-order valence-electron chi connectivity index (χ3n) is 2.98. The maximum absolute atomic E-state index is 12.1. The number of carbonyl (C=O) groups is 2. The Balaban J connectivity index is 2.64. The Morgan fingerprint density at radius 2 is 2.05 bits per heavy atom. The predicted octanol–water partition coefficient (Wildman–Crippen LogP) is 1.83. The molecule has 1 heterocycles. The van der Waals surface area contributed by atoms with Gasteiger partial charge in [-0.1, -0.05) is 13.8 Å². The third-order valence-corrected chi connectivity index (χ3v) is 3.97. The lowest BCUT2D eigenvalue weighted by atomic mass is 10.2. The van der Waals surface area contributed by atoms with Gasteiger partial charge in [-0.15, -0.1) is 11.3 Å². The van der Waals surface area contributed by atoms with Crippen LogP contribution < -0.4 is 5.32 Å². The number of nitrogens with zero attached hydrogens (tertiary/aromatic N) is 2. The molecule has 0 aliphatic rings. The summed E-state index contributed by atoms with van der Waals surface area (Å²) in [5.41, 5.74) is 0.907. The summed E-state index contributed by atoms with van der Waals surface area (Å²) in [7, 11) is 1.57. The fraction of sp³-hybridized carbons (Fsp3) is 0.643. The zero-order valence-electron chi connectivity index (χ0n) is 13.2. The summed E-state index contributed by atoms with van der Waals surface area (Å²) in [4.78, 5) is 31.0. The van der Waals surface area contributed by atoms with Crippen LogP contribution in [0.15, 0.2) is 0 Å². The molecule has 0 saturated heterocycles. The average molecular weight is 313 g/mol. The van der Waals surface area contributed by atoms with Gasteiger partial charge in [-0.25, -0.2) is 4.98 Å². The molecule has 0 spiro atoms. The van der Waals surface area contributed by atoms with Gasteiger partial charge in [-0.3, -0.25) is 9.59 Å². The van der Waals surface area contributed by atoms with Crippen LogP contribution in [0.2, 0.25) is 0 Å². The highest BCUT2D eigenvalue weighted by molar-refractivity contribution is 7.15. The summed E-state index contributed by atoms with van der Waals surface area (Å²) >= 11 is 1.43. The molecule has 0 aliphatic heterocycles. The average Bonchev–Trinajstić information content (AvgIpc) is 2.72. The van der Waals surface area contributed by atoms with Gasteiger partial charge in [-0.05, 0) is 13.8 Å². The maximum Gasteiger partial charge on any atom is 0.245 e. The number of carbonyl (C=O) groups excluding carboxylic acids is 2. The minimum absolute atomic E-state index is 0.0120. The molecule has 0 atom stereocenters. The van der Waals surface area contributed by atoms with Crippen LogP contribution in [0.3, 0.4) is 0 Å². The fourth-order valence-electron chi connectivity index (χ4n) is 1.69. The molecule has 21 heavy (non-hydrogen) atoms. The van der Waals surface area contributed by atoms with Crippen molar-refractivity contribution in [2.24, 2.45) is 5.92 Å². The van der Waals surface area contributed by atoms with Gasteiger partial charge in [0.2, 0.25) is 11.8 Å². The van der Waals surface area contributed by atoms with Crippen molar-refractivity contribution in [3.63, 3.8) is 0 Å². The van der Waals surface area contributed by atoms with Crippen molar-refractivity contribution < 1.29 is 14.3 Å². The molecule has 0 aliphatic carbocycles. The largest absolute Gasteiger partial charge is 0.383 e. The Morgan fingerprint density at radius 1 is 1.38 bits per heavy atom. The molecule has 0 bridgehead atoms.